The van der Waals surface area contributed by atoms with Gasteiger partial charge in [-0.15, -0.1) is 0 Å². The number of amides is 1. The van der Waals surface area contributed by atoms with Gasteiger partial charge in [-0.05, 0) is 42.5 Å². The van der Waals surface area contributed by atoms with E-state index >= 15 is 0 Å². The van der Waals surface area contributed by atoms with Gasteiger partial charge in [-0.3, -0.25) is 4.79 Å². The number of benzene rings is 1. The fourth-order valence-electron chi connectivity index (χ4n) is 2.08. The molecule has 2 N–H and O–H groups in total. The molecule has 1 heterocycles. The number of nitrogens with zero attached hydrogens (tertiary/aromatic N) is 1. The largest absolute Gasteiger partial charge is 0.357 e. The molecule has 1 aromatic heterocycles. The number of aromatic amines is 1. The van der Waals surface area contributed by atoms with Crippen LogP contribution in [0.4, 0.5) is 0 Å². The van der Waals surface area contributed by atoms with Crippen molar-refractivity contribution in [2.45, 2.75) is 27.2 Å². The highest BCUT2D eigenvalue weighted by Gasteiger charge is 2.05. The first-order chi connectivity index (χ1) is 10.1. The van der Waals surface area contributed by atoms with E-state index in [9.17, 15) is 4.79 Å². The van der Waals surface area contributed by atoms with E-state index in [-0.39, 0.29) is 5.91 Å². The van der Waals surface area contributed by atoms with Crippen molar-refractivity contribution in [3.63, 3.8) is 0 Å². The number of carbonyl (C=O) groups is 1. The third-order valence-corrected chi connectivity index (χ3v) is 3.18. The highest BCUT2D eigenvalue weighted by atomic mass is 16.2. The van der Waals surface area contributed by atoms with Gasteiger partial charge in [-0.25, -0.2) is 5.43 Å². The Morgan fingerprint density at radius 1 is 1.24 bits per heavy atom. The van der Waals surface area contributed by atoms with Crippen LogP contribution in [0.5, 0.6) is 0 Å². The summed E-state index contributed by atoms with van der Waals surface area (Å²) in [4.78, 5) is 14.6. The van der Waals surface area contributed by atoms with Crippen LogP contribution in [0.25, 0.3) is 0 Å². The summed E-state index contributed by atoms with van der Waals surface area (Å²) in [5.74, 6) is 0.404. The fourth-order valence-corrected chi connectivity index (χ4v) is 2.08. The predicted octanol–water partition coefficient (Wildman–Crippen LogP) is 3.37. The smallest absolute Gasteiger partial charge is 0.287 e. The summed E-state index contributed by atoms with van der Waals surface area (Å²) in [6, 6.07) is 11.8. The van der Waals surface area contributed by atoms with Gasteiger partial charge in [0.1, 0.15) is 5.69 Å². The Bertz CT molecular complexity index is 610. The molecule has 21 heavy (non-hydrogen) atoms. The zero-order valence-electron chi connectivity index (χ0n) is 12.7. The van der Waals surface area contributed by atoms with Gasteiger partial charge in [0.05, 0.1) is 5.71 Å². The van der Waals surface area contributed by atoms with Crippen LogP contribution in [-0.2, 0) is 6.42 Å². The normalized spacial score (nSPS) is 11.7. The Kier molecular flexibility index (Phi) is 4.93. The molecule has 0 aliphatic carbocycles. The summed E-state index contributed by atoms with van der Waals surface area (Å²) in [5.41, 5.74) is 6.16. The maximum absolute atomic E-state index is 11.8. The van der Waals surface area contributed by atoms with E-state index in [4.69, 9.17) is 0 Å². The molecular formula is C17H21N3O. The van der Waals surface area contributed by atoms with Crippen molar-refractivity contribution in [1.29, 1.82) is 0 Å². The van der Waals surface area contributed by atoms with E-state index < -0.39 is 0 Å². The van der Waals surface area contributed by atoms with Crippen LogP contribution in [0.3, 0.4) is 0 Å². The number of hydrogen-bond donors (Lipinski definition) is 2. The molecule has 0 fully saturated rings. The Labute approximate surface area is 125 Å². The van der Waals surface area contributed by atoms with E-state index in [1.54, 1.807) is 18.3 Å². The number of aromatic nitrogens is 1. The van der Waals surface area contributed by atoms with Crippen LogP contribution in [0, 0.1) is 5.92 Å². The first-order valence-electron chi connectivity index (χ1n) is 7.13. The van der Waals surface area contributed by atoms with Crippen molar-refractivity contribution in [2.75, 3.05) is 0 Å². The molecule has 0 saturated carbocycles. The van der Waals surface area contributed by atoms with Gasteiger partial charge in [-0.1, -0.05) is 38.1 Å². The van der Waals surface area contributed by atoms with Crippen molar-refractivity contribution in [3.05, 3.63) is 59.4 Å². The van der Waals surface area contributed by atoms with E-state index in [1.807, 2.05) is 19.1 Å². The van der Waals surface area contributed by atoms with Crippen LogP contribution in [0.1, 0.15) is 42.4 Å². The first kappa shape index (κ1) is 15.0. The van der Waals surface area contributed by atoms with Crippen LogP contribution >= 0.6 is 0 Å². The molecule has 0 unspecified atom stereocenters. The highest BCUT2D eigenvalue weighted by Crippen LogP contribution is 2.10. The van der Waals surface area contributed by atoms with Crippen LogP contribution < -0.4 is 5.43 Å². The summed E-state index contributed by atoms with van der Waals surface area (Å²) in [5, 5.41) is 4.14. The van der Waals surface area contributed by atoms with Crippen molar-refractivity contribution in [1.82, 2.24) is 10.4 Å². The molecule has 2 rings (SSSR count). The number of carbonyl (C=O) groups excluding carboxylic acids is 1. The van der Waals surface area contributed by atoms with Gasteiger partial charge >= 0.3 is 0 Å². The number of hydrazone groups is 1. The molecule has 0 saturated heterocycles. The summed E-state index contributed by atoms with van der Waals surface area (Å²) >= 11 is 0. The van der Waals surface area contributed by atoms with Crippen LogP contribution in [-0.4, -0.2) is 16.6 Å². The van der Waals surface area contributed by atoms with Gasteiger partial charge in [0, 0.05) is 6.20 Å². The predicted molar refractivity (Wildman–Crippen MR) is 85.5 cm³/mol. The van der Waals surface area contributed by atoms with Gasteiger partial charge in [0.2, 0.25) is 0 Å². The van der Waals surface area contributed by atoms with Gasteiger partial charge in [-0.2, -0.15) is 5.10 Å². The summed E-state index contributed by atoms with van der Waals surface area (Å²) in [6.07, 6.45) is 2.78. The average Bonchev–Trinajstić information content (AvgIpc) is 2.99. The lowest BCUT2D eigenvalue weighted by atomic mass is 10.0. The van der Waals surface area contributed by atoms with E-state index in [1.165, 1.54) is 5.56 Å². The minimum absolute atomic E-state index is 0.240. The standard InChI is InChI=1S/C17H21N3O/c1-12(2)11-14-6-8-15(9-7-14)13(3)19-20-17(21)16-5-4-10-18-16/h4-10,12,18H,11H2,1-3H3,(H,20,21)/b19-13-. The minimum Gasteiger partial charge on any atom is -0.357 e. The lowest BCUT2D eigenvalue weighted by Gasteiger charge is -2.06. The number of rotatable bonds is 5. The SMILES string of the molecule is C/C(=N/NC(=O)c1ccc[nH]1)c1ccc(CC(C)C)cc1. The maximum atomic E-state index is 11.8. The molecule has 0 atom stereocenters. The van der Waals surface area contributed by atoms with E-state index in [0.29, 0.717) is 11.6 Å². The second-order valence-corrected chi connectivity index (χ2v) is 5.52. The Balaban J connectivity index is 2.00. The number of nitrogens with one attached hydrogen (secondary N) is 2. The molecule has 0 aliphatic rings. The zero-order valence-corrected chi connectivity index (χ0v) is 12.7. The van der Waals surface area contributed by atoms with Crippen LogP contribution in [0.15, 0.2) is 47.7 Å². The Morgan fingerprint density at radius 3 is 2.52 bits per heavy atom. The third kappa shape index (κ3) is 4.31. The Hall–Kier alpha value is -2.36. The minimum atomic E-state index is -0.240. The maximum Gasteiger partial charge on any atom is 0.287 e. The monoisotopic (exact) mass is 283 g/mol. The molecule has 0 radical (unpaired) electrons. The molecule has 1 aromatic carbocycles. The third-order valence-electron chi connectivity index (χ3n) is 3.18. The van der Waals surface area contributed by atoms with Crippen molar-refractivity contribution in [3.8, 4) is 0 Å². The van der Waals surface area contributed by atoms with Gasteiger partial charge in [0.25, 0.3) is 5.91 Å². The molecule has 0 aliphatic heterocycles. The summed E-state index contributed by atoms with van der Waals surface area (Å²) < 4.78 is 0. The average molecular weight is 283 g/mol. The van der Waals surface area contributed by atoms with Crippen LogP contribution in [0.2, 0.25) is 0 Å². The molecule has 0 bridgehead atoms. The van der Waals surface area contributed by atoms with Crippen molar-refractivity contribution < 1.29 is 4.79 Å². The lowest BCUT2D eigenvalue weighted by Crippen LogP contribution is -2.19. The molecule has 0 spiro atoms. The fraction of sp³-hybridized carbons (Fsp3) is 0.294. The molecule has 4 nitrogen and oxygen atoms in total. The molecular weight excluding hydrogens is 262 g/mol. The molecule has 1 amide bonds. The second kappa shape index (κ2) is 6.88. The zero-order chi connectivity index (χ0) is 15.2. The van der Waals surface area contributed by atoms with Gasteiger partial charge < -0.3 is 4.98 Å². The Morgan fingerprint density at radius 2 is 1.95 bits per heavy atom. The van der Waals surface area contributed by atoms with Crippen molar-refractivity contribution in [2.24, 2.45) is 11.0 Å². The van der Waals surface area contributed by atoms with E-state index in [2.05, 4.69) is 41.5 Å². The number of H-pyrrole nitrogens is 1. The topological polar surface area (TPSA) is 57.2 Å². The second-order valence-electron chi connectivity index (χ2n) is 5.52. The molecule has 4 heteroatoms. The summed E-state index contributed by atoms with van der Waals surface area (Å²) in [7, 11) is 0. The molecule has 2 aromatic rings. The lowest BCUT2D eigenvalue weighted by molar-refractivity contribution is 0.0950. The quantitative estimate of drug-likeness (QED) is 0.641. The first-order valence-corrected chi connectivity index (χ1v) is 7.13. The highest BCUT2D eigenvalue weighted by molar-refractivity contribution is 6.00. The molecule has 110 valence electrons. The van der Waals surface area contributed by atoms with E-state index in [0.717, 1.165) is 17.7 Å². The van der Waals surface area contributed by atoms with Gasteiger partial charge in [0.15, 0.2) is 0 Å². The number of hydrogen-bond acceptors (Lipinski definition) is 2. The summed E-state index contributed by atoms with van der Waals surface area (Å²) in [6.45, 7) is 6.29. The van der Waals surface area contributed by atoms with Crippen molar-refractivity contribution >= 4 is 11.6 Å².